The Morgan fingerprint density at radius 1 is 0.451 bits per heavy atom. The van der Waals surface area contributed by atoms with Crippen LogP contribution >= 0.6 is 0 Å². The maximum Gasteiger partial charge on any atom is 0.326 e. The highest BCUT2D eigenvalue weighted by Gasteiger charge is 2.34. The number of amides is 8. The highest BCUT2D eigenvalue weighted by atomic mass is 16.4. The number of carboxylic acids is 4. The number of carbonyl (C=O) groups is 12. The Hall–Kier alpha value is -7.86. The molecule has 0 spiro atoms. The Morgan fingerprint density at radius 3 is 1.21 bits per heavy atom. The summed E-state index contributed by atoms with van der Waals surface area (Å²) in [6.45, 7) is 4.47. The molecule has 0 aromatic heterocycles. The van der Waals surface area contributed by atoms with Gasteiger partial charge in [-0.1, -0.05) is 13.8 Å². The molecule has 0 aromatic carbocycles. The molecule has 0 rings (SSSR count). The summed E-state index contributed by atoms with van der Waals surface area (Å²) in [4.78, 5) is 152. The predicted octanol–water partition coefficient (Wildman–Crippen LogP) is -6.15. The minimum absolute atomic E-state index is 0.0112. The monoisotopic (exact) mass is 1020 g/mol. The van der Waals surface area contributed by atoms with Gasteiger partial charge < -0.3 is 91.2 Å². The number of hydrogen-bond acceptors (Lipinski definition) is 15. The number of nitrogens with one attached hydrogen (secondary N) is 11. The Balaban J connectivity index is 6.80. The molecule has 0 bridgehead atoms. The second kappa shape index (κ2) is 32.8. The number of carbonyl (C=O) groups excluding carboxylic acids is 8. The third-order valence-electron chi connectivity index (χ3n) is 9.92. The quantitative estimate of drug-likeness (QED) is 0.0158. The van der Waals surface area contributed by atoms with Gasteiger partial charge in [0.15, 0.2) is 11.9 Å². The van der Waals surface area contributed by atoms with E-state index in [1.807, 2.05) is 5.32 Å². The summed E-state index contributed by atoms with van der Waals surface area (Å²) in [5.41, 5.74) is 21.9. The minimum atomic E-state index is -1.86. The highest BCUT2D eigenvalue weighted by Crippen LogP contribution is 2.11. The van der Waals surface area contributed by atoms with E-state index in [1.54, 1.807) is 13.8 Å². The molecule has 0 saturated heterocycles. The first-order chi connectivity index (χ1) is 33.0. The Morgan fingerprint density at radius 2 is 0.817 bits per heavy atom. The number of nitrogens with two attached hydrogens (primary N) is 4. The van der Waals surface area contributed by atoms with Crippen LogP contribution in [0.25, 0.3) is 0 Å². The fourth-order valence-electron chi connectivity index (χ4n) is 6.22. The summed E-state index contributed by atoms with van der Waals surface area (Å²) >= 11 is 0. The van der Waals surface area contributed by atoms with Gasteiger partial charge in [-0.15, -0.1) is 0 Å². The van der Waals surface area contributed by atoms with Crippen molar-refractivity contribution < 1.29 is 78.0 Å². The van der Waals surface area contributed by atoms with Crippen LogP contribution in [-0.4, -0.2) is 165 Å². The van der Waals surface area contributed by atoms with Crippen LogP contribution in [0.2, 0.25) is 0 Å². The normalized spacial score (nSPS) is 14.2. The summed E-state index contributed by atoms with van der Waals surface area (Å²) in [5, 5.41) is 72.8. The van der Waals surface area contributed by atoms with Gasteiger partial charge in [-0.3, -0.25) is 63.6 Å². The van der Waals surface area contributed by atoms with E-state index < -0.39 is 170 Å². The number of carboxylic acid groups (broad SMARTS) is 4. The lowest BCUT2D eigenvalue weighted by Gasteiger charge is -2.28. The molecular weight excluding hydrogens is 947 g/mol. The first-order valence-corrected chi connectivity index (χ1v) is 22.2. The average Bonchev–Trinajstić information content (AvgIpc) is 3.25. The Labute approximate surface area is 407 Å². The molecule has 0 radical (unpaired) electrons. The van der Waals surface area contributed by atoms with Gasteiger partial charge in [-0.25, -0.2) is 4.79 Å². The SMILES string of the molecule is CC(C)C[C@H](NC(=O)[C@H](CCC(=O)O)NC(=O)[C@@H](N)CCC(=O)O)C(=O)N[C@@H](CCC(N)=O)C(=O)N[C@@H](CCCNC(=N)N)C(=O)N[C@@H](CCCNC(=N)N)C(=O)N[C@@H](C)C(=O)N[C@@H](CC(=O)O)C(=O)O. The minimum Gasteiger partial charge on any atom is -0.481 e. The molecule has 0 aromatic rings. The van der Waals surface area contributed by atoms with Crippen LogP contribution in [0.3, 0.4) is 0 Å². The molecule has 0 fully saturated rings. The first kappa shape index (κ1) is 63.1. The van der Waals surface area contributed by atoms with Gasteiger partial charge in [0.25, 0.3) is 0 Å². The van der Waals surface area contributed by atoms with E-state index >= 15 is 0 Å². The largest absolute Gasteiger partial charge is 0.481 e. The molecule has 8 atom stereocenters. The molecule has 0 aliphatic heterocycles. The third kappa shape index (κ3) is 28.3. The van der Waals surface area contributed by atoms with Gasteiger partial charge in [0.2, 0.25) is 47.3 Å². The van der Waals surface area contributed by atoms with Crippen molar-refractivity contribution in [1.82, 2.24) is 47.9 Å². The van der Waals surface area contributed by atoms with Crippen molar-refractivity contribution in [3.63, 3.8) is 0 Å². The predicted molar refractivity (Wildman–Crippen MR) is 247 cm³/mol. The number of aliphatic carboxylic acids is 4. The van der Waals surface area contributed by atoms with Gasteiger partial charge >= 0.3 is 23.9 Å². The summed E-state index contributed by atoms with van der Waals surface area (Å²) in [6.07, 6.45) is -4.37. The maximum absolute atomic E-state index is 14.1. The lowest BCUT2D eigenvalue weighted by Crippen LogP contribution is -2.60. The summed E-state index contributed by atoms with van der Waals surface area (Å²) in [7, 11) is 0. The fourth-order valence-corrected chi connectivity index (χ4v) is 6.22. The zero-order chi connectivity index (χ0) is 54.5. The molecule has 400 valence electrons. The molecule has 71 heavy (non-hydrogen) atoms. The van der Waals surface area contributed by atoms with Gasteiger partial charge in [-0.2, -0.15) is 0 Å². The highest BCUT2D eigenvalue weighted by molar-refractivity contribution is 5.98. The van der Waals surface area contributed by atoms with Gasteiger partial charge in [0.05, 0.1) is 12.5 Å². The molecule has 31 nitrogen and oxygen atoms in total. The molecule has 23 N–H and O–H groups in total. The average molecular weight is 1020 g/mol. The van der Waals surface area contributed by atoms with E-state index in [4.69, 9.17) is 44.0 Å². The lowest BCUT2D eigenvalue weighted by atomic mass is 10.0. The van der Waals surface area contributed by atoms with Crippen LogP contribution in [-0.2, 0) is 57.5 Å². The van der Waals surface area contributed by atoms with E-state index in [9.17, 15) is 67.7 Å². The molecular formula is C40H69N15O16. The molecule has 0 saturated carbocycles. The molecule has 0 unspecified atom stereocenters. The Kier molecular flexibility index (Phi) is 29.2. The summed E-state index contributed by atoms with van der Waals surface area (Å²) < 4.78 is 0. The number of rotatable bonds is 36. The number of primary amides is 1. The lowest BCUT2D eigenvalue weighted by molar-refractivity contribution is -0.147. The van der Waals surface area contributed by atoms with Crippen molar-refractivity contribution >= 4 is 83.1 Å². The number of hydrogen-bond donors (Lipinski definition) is 19. The van der Waals surface area contributed by atoms with Crippen LogP contribution in [0.4, 0.5) is 0 Å². The standard InChI is InChI=1S/C40H69N15O16/c1-18(2)16-25(54-36(68)24(10-13-29(59)60)50-32(64)20(41)8-12-28(57)58)37(69)53-23(9-11-27(42)56)35(67)52-22(7-5-15-48-40(45)46)34(66)51-21(6-4-14-47-39(43)44)33(65)49-19(3)31(63)55-26(38(70)71)17-30(61)62/h18-26H,4-17,41H2,1-3H3,(H2,42,56)(H,49,65)(H,50,64)(H,51,66)(H,52,67)(H,53,69)(H,54,68)(H,55,63)(H,57,58)(H,59,60)(H,61,62)(H,70,71)(H4,43,44,47)(H4,45,46,48)/t19-,20-,21-,22-,23-,24-,25-,26-/m0/s1. The van der Waals surface area contributed by atoms with Crippen molar-refractivity contribution in [2.24, 2.45) is 28.9 Å². The smallest absolute Gasteiger partial charge is 0.326 e. The molecule has 0 aliphatic carbocycles. The first-order valence-electron chi connectivity index (χ1n) is 22.2. The van der Waals surface area contributed by atoms with E-state index in [0.717, 1.165) is 6.92 Å². The van der Waals surface area contributed by atoms with Crippen LogP contribution in [0.15, 0.2) is 0 Å². The van der Waals surface area contributed by atoms with E-state index in [1.165, 1.54) is 0 Å². The summed E-state index contributed by atoms with van der Waals surface area (Å²) in [6, 6.07) is -12.6. The molecule has 31 heteroatoms. The maximum atomic E-state index is 14.1. The van der Waals surface area contributed by atoms with E-state index in [-0.39, 0.29) is 57.5 Å². The van der Waals surface area contributed by atoms with Crippen LogP contribution in [0.5, 0.6) is 0 Å². The van der Waals surface area contributed by atoms with Crippen molar-refractivity contribution in [1.29, 1.82) is 10.8 Å². The van der Waals surface area contributed by atoms with Gasteiger partial charge in [0, 0.05) is 32.4 Å². The van der Waals surface area contributed by atoms with Crippen LogP contribution in [0.1, 0.15) is 97.8 Å². The van der Waals surface area contributed by atoms with Crippen molar-refractivity contribution in [2.75, 3.05) is 13.1 Å². The van der Waals surface area contributed by atoms with Crippen molar-refractivity contribution in [2.45, 2.75) is 146 Å². The Bertz CT molecular complexity index is 1940. The van der Waals surface area contributed by atoms with Gasteiger partial charge in [0.1, 0.15) is 42.3 Å². The van der Waals surface area contributed by atoms with E-state index in [0.29, 0.717) is 0 Å². The zero-order valence-electron chi connectivity index (χ0n) is 39.6. The molecule has 8 amide bonds. The zero-order valence-corrected chi connectivity index (χ0v) is 39.6. The van der Waals surface area contributed by atoms with Crippen LogP contribution in [0, 0.1) is 16.7 Å². The van der Waals surface area contributed by atoms with E-state index in [2.05, 4.69) is 42.5 Å². The summed E-state index contributed by atoms with van der Waals surface area (Å²) in [5.74, 6) is -15.2. The second-order valence-electron chi connectivity index (χ2n) is 16.6. The number of guanidine groups is 2. The van der Waals surface area contributed by atoms with Gasteiger partial charge in [-0.05, 0) is 64.2 Å². The molecule has 0 heterocycles. The second-order valence-corrected chi connectivity index (χ2v) is 16.6. The van der Waals surface area contributed by atoms with Crippen molar-refractivity contribution in [3.8, 4) is 0 Å². The fraction of sp³-hybridized carbons (Fsp3) is 0.650. The topological polar surface area (TPSA) is 546 Å². The third-order valence-corrected chi connectivity index (χ3v) is 9.92. The molecule has 0 aliphatic rings. The van der Waals surface area contributed by atoms with Crippen LogP contribution < -0.4 is 70.8 Å². The van der Waals surface area contributed by atoms with Crippen molar-refractivity contribution in [3.05, 3.63) is 0 Å².